The number of aromatic amines is 2. The molecule has 8 aromatic rings. The number of halogens is 16. The van der Waals surface area contributed by atoms with Gasteiger partial charge in [-0.2, -0.15) is 0 Å². The number of benzene rings is 4. The number of hydrogen-bond acceptors (Lipinski definition) is 4. The minimum atomic E-state index is -0.0413. The van der Waals surface area contributed by atoms with Crippen LogP contribution in [0.3, 0.4) is 0 Å². The quantitative estimate of drug-likeness (QED) is 0.0513. The van der Waals surface area contributed by atoms with Gasteiger partial charge in [0, 0.05) is 83.4 Å². The summed E-state index contributed by atoms with van der Waals surface area (Å²) in [6.07, 6.45) is 0. The number of hydrogen-bond donors (Lipinski definition) is 6. The molecule has 0 fully saturated rings. The Balaban J connectivity index is 0.00000455. The van der Waals surface area contributed by atoms with E-state index in [1.165, 1.54) is 0 Å². The first-order chi connectivity index (χ1) is 26.4. The molecule has 4 aromatic heterocycles. The van der Waals surface area contributed by atoms with Gasteiger partial charge in [-0.1, -0.05) is 186 Å². The predicted octanol–water partition coefficient (Wildman–Crippen LogP) is 18.6. The summed E-state index contributed by atoms with van der Waals surface area (Å²) in [4.78, 5) is 16.2. The molecule has 25 heteroatoms. The molecule has 57 heavy (non-hydrogen) atoms. The van der Waals surface area contributed by atoms with Crippen LogP contribution in [0.2, 0.25) is 80.4 Å². The van der Waals surface area contributed by atoms with Crippen LogP contribution in [0.1, 0.15) is 0 Å². The summed E-state index contributed by atoms with van der Waals surface area (Å²) in [6, 6.07) is 0. The standard InChI is InChI=1S/C32H6Cl16N8.Cu/c33-9-1-2(10(34)18(42)17(9)41)26-49-25(1)53-27-3-4(12(36)20(44)19(43)11(3)35)29(50-27)55-31-7-8(16(40)24(48)23(47)15(7)39)32(52-31)56-30-6-5(28(51-30)54-26)13(37)21(45)22(46)14(6)38;/h49,52-56H;/q-2;. The molecule has 0 amide bonds. The molecule has 0 saturated heterocycles. The van der Waals surface area contributed by atoms with Crippen LogP contribution in [-0.2, 0) is 17.1 Å². The number of H-pyrrole nitrogens is 2. The summed E-state index contributed by atoms with van der Waals surface area (Å²) in [5, 5.41) is 14.9. The fraction of sp³-hybridized carbons (Fsp3) is 0. The zero-order valence-corrected chi connectivity index (χ0v) is 39.3. The van der Waals surface area contributed by atoms with Crippen molar-refractivity contribution < 1.29 is 17.1 Å². The van der Waals surface area contributed by atoms with Gasteiger partial charge in [0.1, 0.15) is 0 Å². The summed E-state index contributed by atoms with van der Waals surface area (Å²) < 4.78 is 0. The zero-order valence-electron chi connectivity index (χ0n) is 26.2. The van der Waals surface area contributed by atoms with Crippen molar-refractivity contribution in [2.45, 2.75) is 0 Å². The Kier molecular flexibility index (Phi) is 11.6. The molecule has 8 bridgehead atoms. The molecule has 1 aliphatic rings. The molecule has 9 rings (SSSR count). The van der Waals surface area contributed by atoms with Crippen LogP contribution in [0.25, 0.3) is 43.1 Å². The molecule has 1 radical (unpaired) electrons. The third kappa shape index (κ3) is 6.22. The first-order valence-electron chi connectivity index (χ1n) is 14.9. The van der Waals surface area contributed by atoms with E-state index < -0.39 is 0 Å². The third-order valence-electron chi connectivity index (χ3n) is 8.94. The Labute approximate surface area is 409 Å². The van der Waals surface area contributed by atoms with Crippen molar-refractivity contribution in [3.05, 3.63) is 80.4 Å². The maximum absolute atomic E-state index is 6.89. The van der Waals surface area contributed by atoms with E-state index >= 15 is 0 Å². The maximum atomic E-state index is 6.89. The van der Waals surface area contributed by atoms with E-state index in [1.54, 1.807) is 0 Å². The Hall–Kier alpha value is -0.601. The second-order valence-corrected chi connectivity index (χ2v) is 17.9. The molecule has 1 aliphatic heterocycles. The summed E-state index contributed by atoms with van der Waals surface area (Å²) >= 11 is 108. The van der Waals surface area contributed by atoms with E-state index in [9.17, 15) is 0 Å². The van der Waals surface area contributed by atoms with Gasteiger partial charge in [-0.3, -0.25) is 0 Å². The van der Waals surface area contributed by atoms with E-state index in [2.05, 4.69) is 31.2 Å². The number of aromatic nitrogens is 4. The van der Waals surface area contributed by atoms with Crippen molar-refractivity contribution in [2.24, 2.45) is 0 Å². The number of fused-ring (bicyclic) bond motifs is 20. The second-order valence-electron chi connectivity index (χ2n) is 11.9. The van der Waals surface area contributed by atoms with Gasteiger partial charge in [0.15, 0.2) is 0 Å². The number of rotatable bonds is 0. The Bertz CT molecular complexity index is 2520. The number of anilines is 8. The Morgan fingerprint density at radius 3 is 0.561 bits per heavy atom. The summed E-state index contributed by atoms with van der Waals surface area (Å²) in [6.45, 7) is 0. The van der Waals surface area contributed by atoms with Gasteiger partial charge in [-0.25, -0.2) is 0 Å². The smallest absolute Gasteiger partial charge is 0.0801 e. The normalized spacial score (nSPS) is 12.6. The number of nitrogens with one attached hydrogen (secondary N) is 6. The first kappa shape index (κ1) is 43.1. The van der Waals surface area contributed by atoms with Crippen molar-refractivity contribution in [3.63, 3.8) is 0 Å². The summed E-state index contributed by atoms with van der Waals surface area (Å²) in [5.41, 5.74) is 0. The van der Waals surface area contributed by atoms with Crippen LogP contribution in [0.15, 0.2) is 0 Å². The molecular weight excluding hydrogens is 1130 g/mol. The Morgan fingerprint density at radius 2 is 0.386 bits per heavy atom. The fourth-order valence-corrected chi connectivity index (χ4v) is 10.7. The minimum Gasteiger partial charge on any atom is -0.399 e. The molecule has 299 valence electrons. The van der Waals surface area contributed by atoms with Gasteiger partial charge in [-0.05, 0) is 0 Å². The van der Waals surface area contributed by atoms with Crippen molar-refractivity contribution in [1.82, 2.24) is 19.9 Å². The van der Waals surface area contributed by atoms with Gasteiger partial charge in [0.2, 0.25) is 0 Å². The summed E-state index contributed by atoms with van der Waals surface area (Å²) in [7, 11) is 0. The summed E-state index contributed by atoms with van der Waals surface area (Å²) in [5.74, 6) is 1.26. The van der Waals surface area contributed by atoms with Crippen LogP contribution >= 0.6 is 186 Å². The number of nitrogens with zero attached hydrogens (tertiary/aromatic N) is 2. The van der Waals surface area contributed by atoms with Gasteiger partial charge in [0.25, 0.3) is 0 Å². The van der Waals surface area contributed by atoms with Crippen LogP contribution in [0.4, 0.5) is 46.5 Å². The largest absolute Gasteiger partial charge is 0.399 e. The Morgan fingerprint density at radius 1 is 0.228 bits per heavy atom. The first-order valence-corrected chi connectivity index (χ1v) is 21.0. The maximum Gasteiger partial charge on any atom is 0.0801 e. The monoisotopic (exact) mass is 1120 g/mol. The van der Waals surface area contributed by atoms with Gasteiger partial charge in [-0.15, -0.1) is 0 Å². The van der Waals surface area contributed by atoms with E-state index in [0.29, 0.717) is 0 Å². The molecule has 0 spiro atoms. The predicted molar refractivity (Wildman–Crippen MR) is 244 cm³/mol. The molecule has 8 nitrogen and oxygen atoms in total. The second kappa shape index (κ2) is 15.3. The SMILES string of the molecule is Clc1c(Cl)c(Cl)c2c3[n-]c(c2c1Cl)Nc1[nH]c(c2c(Cl)c(Cl)c(Cl)c(Cl)c12)Nc1[n-]c(c2c(Cl)c(Cl)c(Cl)c(Cl)c12)Nc1[nH]c(c2c(Cl)c(Cl)c(Cl)c(Cl)c12)N3.[Cu]. The topological polar surface area (TPSA) is 108 Å². The van der Waals surface area contributed by atoms with Gasteiger partial charge < -0.3 is 41.2 Å². The molecule has 0 aliphatic carbocycles. The van der Waals surface area contributed by atoms with Crippen LogP contribution in [-0.4, -0.2) is 9.97 Å². The molecule has 4 aromatic carbocycles. The zero-order chi connectivity index (χ0) is 40.1. The van der Waals surface area contributed by atoms with E-state index in [1.807, 2.05) is 0 Å². The van der Waals surface area contributed by atoms with E-state index in [-0.39, 0.29) is 187 Å². The molecule has 0 saturated carbocycles. The third-order valence-corrected chi connectivity index (χ3v) is 16.1. The van der Waals surface area contributed by atoms with Crippen molar-refractivity contribution >= 4 is 275 Å². The fourth-order valence-electron chi connectivity index (χ4n) is 6.51. The van der Waals surface area contributed by atoms with Crippen LogP contribution < -0.4 is 31.2 Å². The molecule has 6 N–H and O–H groups in total. The minimum absolute atomic E-state index is 0. The van der Waals surface area contributed by atoms with Crippen molar-refractivity contribution in [2.75, 3.05) is 21.3 Å². The molecule has 0 atom stereocenters. The van der Waals surface area contributed by atoms with Gasteiger partial charge >= 0.3 is 0 Å². The van der Waals surface area contributed by atoms with Crippen molar-refractivity contribution in [3.8, 4) is 0 Å². The van der Waals surface area contributed by atoms with E-state index in [0.717, 1.165) is 0 Å². The van der Waals surface area contributed by atoms with Crippen LogP contribution in [0, 0.1) is 0 Å². The van der Waals surface area contributed by atoms with Crippen LogP contribution in [0.5, 0.6) is 0 Å². The van der Waals surface area contributed by atoms with Gasteiger partial charge in [0.05, 0.1) is 104 Å². The molecule has 5 heterocycles. The van der Waals surface area contributed by atoms with Crippen molar-refractivity contribution in [1.29, 1.82) is 0 Å². The van der Waals surface area contributed by atoms with E-state index in [4.69, 9.17) is 196 Å². The molecular formula is C32H6Cl16CuN8-2. The molecule has 0 unspecified atom stereocenters. The average molecular weight is 1130 g/mol. The average Bonchev–Trinajstić information content (AvgIpc) is 3.92.